The maximum absolute atomic E-state index is 13.8. The molecule has 0 spiro atoms. The first-order valence-electron chi connectivity index (χ1n) is 11.0. The third-order valence-electron chi connectivity index (χ3n) is 5.71. The second-order valence-electron chi connectivity index (χ2n) is 7.82. The summed E-state index contributed by atoms with van der Waals surface area (Å²) in [5, 5.41) is 3.70. The molecule has 0 saturated carbocycles. The number of aromatic nitrogens is 4. The van der Waals surface area contributed by atoms with Crippen LogP contribution in [-0.4, -0.2) is 45.7 Å². The van der Waals surface area contributed by atoms with E-state index < -0.39 is 15.8 Å². The van der Waals surface area contributed by atoms with Gasteiger partial charge in [-0.25, -0.2) is 32.6 Å². The summed E-state index contributed by atoms with van der Waals surface area (Å²) in [5.74, 6) is -0.214. The molecule has 3 aromatic heterocycles. The first-order valence-corrected chi connectivity index (χ1v) is 12.5. The fourth-order valence-electron chi connectivity index (χ4n) is 3.82. The lowest BCUT2D eigenvalue weighted by molar-refractivity contribution is 0.445. The van der Waals surface area contributed by atoms with Crippen molar-refractivity contribution in [3.63, 3.8) is 0 Å². The molecule has 0 aliphatic heterocycles. The lowest BCUT2D eigenvalue weighted by Gasteiger charge is -2.19. The Morgan fingerprint density at radius 2 is 1.89 bits per heavy atom. The highest BCUT2D eigenvalue weighted by Crippen LogP contribution is 2.34. The van der Waals surface area contributed by atoms with E-state index in [1.54, 1.807) is 44.3 Å². The van der Waals surface area contributed by atoms with Crippen molar-refractivity contribution in [1.82, 2.24) is 24.2 Å². The Morgan fingerprint density at radius 1 is 1.17 bits per heavy atom. The number of nitrogens with zero attached hydrogens (tertiary/aromatic N) is 5. The van der Waals surface area contributed by atoms with Gasteiger partial charge in [0.15, 0.2) is 0 Å². The van der Waals surface area contributed by atoms with E-state index in [0.29, 0.717) is 35.4 Å². The van der Waals surface area contributed by atoms with Gasteiger partial charge in [0, 0.05) is 36.4 Å². The lowest BCUT2D eigenvalue weighted by Crippen LogP contribution is -2.30. The molecule has 4 rings (SSSR count). The monoisotopic (exact) mass is 493 g/mol. The molecule has 1 unspecified atom stereocenters. The predicted molar refractivity (Wildman–Crippen MR) is 132 cm³/mol. The molecule has 2 N–H and O–H groups in total. The highest BCUT2D eigenvalue weighted by atomic mass is 32.2. The Morgan fingerprint density at radius 3 is 2.54 bits per heavy atom. The maximum Gasteiger partial charge on any atom is 0.243 e. The number of sulfonamides is 1. The maximum atomic E-state index is 13.8. The van der Waals surface area contributed by atoms with Gasteiger partial charge in [0.2, 0.25) is 21.7 Å². The number of nitrogens with one attached hydrogen (secondary N) is 2. The number of rotatable bonds is 8. The quantitative estimate of drug-likeness (QED) is 0.338. The molecule has 0 bridgehead atoms. The minimum absolute atomic E-state index is 0.222. The van der Waals surface area contributed by atoms with E-state index in [1.165, 1.54) is 16.6 Å². The Balaban J connectivity index is 1.61. The molecule has 0 aliphatic rings. The Labute approximate surface area is 202 Å². The van der Waals surface area contributed by atoms with E-state index in [-0.39, 0.29) is 22.6 Å². The van der Waals surface area contributed by atoms with Crippen molar-refractivity contribution in [1.29, 1.82) is 0 Å². The number of hydrogen-bond acceptors (Lipinski definition) is 6. The van der Waals surface area contributed by atoms with Gasteiger partial charge in [-0.3, -0.25) is 0 Å². The number of benzene rings is 1. The first kappa shape index (κ1) is 24.3. The van der Waals surface area contributed by atoms with Crippen LogP contribution in [0.2, 0.25) is 0 Å². The molecule has 0 fully saturated rings. The Hall–Kier alpha value is -3.88. The SMILES string of the molecule is [C-]#[N+]c1cnc(NC(C)c2ccc(S(=O)(=O)N(CC)CC)cc2)nc1-c1c[nH]c2ncc(F)cc12. The average Bonchev–Trinajstić information content (AvgIpc) is 3.27. The van der Waals surface area contributed by atoms with Crippen LogP contribution in [0.25, 0.3) is 27.1 Å². The molecule has 35 heavy (non-hydrogen) atoms. The van der Waals surface area contributed by atoms with Crippen molar-refractivity contribution in [2.45, 2.75) is 31.7 Å². The molecular formula is C24H24FN7O2S. The van der Waals surface area contributed by atoms with Crippen molar-refractivity contribution in [3.8, 4) is 11.3 Å². The van der Waals surface area contributed by atoms with Gasteiger partial charge in [0.1, 0.15) is 11.5 Å². The van der Waals surface area contributed by atoms with E-state index in [0.717, 1.165) is 11.8 Å². The fraction of sp³-hybridized carbons (Fsp3) is 0.250. The molecule has 1 atom stereocenters. The van der Waals surface area contributed by atoms with Gasteiger partial charge in [-0.15, -0.1) is 0 Å². The molecule has 11 heteroatoms. The number of anilines is 1. The molecule has 1 aromatic carbocycles. The fourth-order valence-corrected chi connectivity index (χ4v) is 5.27. The summed E-state index contributed by atoms with van der Waals surface area (Å²) < 4.78 is 40.7. The molecule has 0 saturated heterocycles. The van der Waals surface area contributed by atoms with E-state index in [9.17, 15) is 12.8 Å². The summed E-state index contributed by atoms with van der Waals surface area (Å²) in [6.07, 6.45) is 4.16. The van der Waals surface area contributed by atoms with Crippen LogP contribution in [0.3, 0.4) is 0 Å². The minimum atomic E-state index is -3.54. The van der Waals surface area contributed by atoms with Crippen LogP contribution in [0.1, 0.15) is 32.4 Å². The summed E-state index contributed by atoms with van der Waals surface area (Å²) in [6.45, 7) is 13.8. The van der Waals surface area contributed by atoms with Crippen LogP contribution < -0.4 is 5.32 Å². The van der Waals surface area contributed by atoms with Crippen LogP contribution in [0.4, 0.5) is 16.0 Å². The smallest absolute Gasteiger partial charge is 0.243 e. The summed E-state index contributed by atoms with van der Waals surface area (Å²) in [4.78, 5) is 19.5. The van der Waals surface area contributed by atoms with Crippen LogP contribution in [0.15, 0.2) is 53.8 Å². The normalized spacial score (nSPS) is 12.6. The van der Waals surface area contributed by atoms with Gasteiger partial charge in [0.25, 0.3) is 0 Å². The second-order valence-corrected chi connectivity index (χ2v) is 9.75. The van der Waals surface area contributed by atoms with Gasteiger partial charge in [-0.05, 0) is 30.7 Å². The van der Waals surface area contributed by atoms with E-state index in [1.807, 2.05) is 6.92 Å². The molecule has 9 nitrogen and oxygen atoms in total. The molecule has 180 valence electrons. The van der Waals surface area contributed by atoms with Gasteiger partial charge < -0.3 is 10.3 Å². The zero-order valence-corrected chi connectivity index (χ0v) is 20.3. The summed E-state index contributed by atoms with van der Waals surface area (Å²) >= 11 is 0. The van der Waals surface area contributed by atoms with Gasteiger partial charge in [0.05, 0.1) is 29.4 Å². The number of hydrogen-bond donors (Lipinski definition) is 2. The molecule has 0 aliphatic carbocycles. The number of halogens is 1. The number of pyridine rings is 1. The van der Waals surface area contributed by atoms with Crippen LogP contribution in [0, 0.1) is 12.4 Å². The van der Waals surface area contributed by atoms with E-state index in [2.05, 4.69) is 30.1 Å². The summed E-state index contributed by atoms with van der Waals surface area (Å²) in [6, 6.07) is 7.75. The second kappa shape index (κ2) is 9.77. The van der Waals surface area contributed by atoms with Crippen molar-refractivity contribution in [2.75, 3.05) is 18.4 Å². The summed E-state index contributed by atoms with van der Waals surface area (Å²) in [5.41, 5.74) is 2.44. The predicted octanol–water partition coefficient (Wildman–Crippen LogP) is 4.91. The van der Waals surface area contributed by atoms with E-state index in [4.69, 9.17) is 6.57 Å². The average molecular weight is 494 g/mol. The molecule has 4 aromatic rings. The van der Waals surface area contributed by atoms with Gasteiger partial charge >= 0.3 is 0 Å². The molecule has 3 heterocycles. The highest BCUT2D eigenvalue weighted by Gasteiger charge is 2.22. The van der Waals surface area contributed by atoms with Crippen molar-refractivity contribution in [2.24, 2.45) is 0 Å². The zero-order chi connectivity index (χ0) is 25.2. The van der Waals surface area contributed by atoms with E-state index >= 15 is 0 Å². The minimum Gasteiger partial charge on any atom is -0.348 e. The topological polar surface area (TPSA) is 108 Å². The van der Waals surface area contributed by atoms with Crippen LogP contribution >= 0.6 is 0 Å². The third-order valence-corrected chi connectivity index (χ3v) is 7.78. The molecule has 0 radical (unpaired) electrons. The van der Waals surface area contributed by atoms with Crippen LogP contribution in [-0.2, 0) is 10.0 Å². The summed E-state index contributed by atoms with van der Waals surface area (Å²) in [7, 11) is -3.54. The van der Waals surface area contributed by atoms with Crippen molar-refractivity contribution >= 4 is 32.7 Å². The highest BCUT2D eigenvalue weighted by molar-refractivity contribution is 7.89. The Kier molecular flexibility index (Phi) is 6.77. The zero-order valence-electron chi connectivity index (χ0n) is 19.4. The Bertz CT molecular complexity index is 1510. The number of aromatic amines is 1. The number of fused-ring (bicyclic) bond motifs is 1. The third kappa shape index (κ3) is 4.71. The van der Waals surface area contributed by atoms with Crippen LogP contribution in [0.5, 0.6) is 0 Å². The first-order chi connectivity index (χ1) is 16.8. The van der Waals surface area contributed by atoms with Crippen molar-refractivity contribution in [3.05, 3.63) is 71.7 Å². The van der Waals surface area contributed by atoms with Gasteiger partial charge in [-0.1, -0.05) is 26.0 Å². The van der Waals surface area contributed by atoms with Gasteiger partial charge in [-0.2, -0.15) is 4.31 Å². The molecule has 0 amide bonds. The molecular weight excluding hydrogens is 469 g/mol. The number of H-pyrrole nitrogens is 1. The van der Waals surface area contributed by atoms with Crippen molar-refractivity contribution < 1.29 is 12.8 Å². The standard InChI is InChI=1S/C24H24FN7O2S/c1-5-32(6-2)35(33,34)18-9-7-16(8-10-18)15(3)30-24-29-14-21(26-4)22(31-24)20-13-28-23-19(20)11-17(25)12-27-23/h7-15H,5-6H2,1-3H3,(H,27,28)(H,29,30,31). The lowest BCUT2D eigenvalue weighted by atomic mass is 10.1. The largest absolute Gasteiger partial charge is 0.348 e.